The van der Waals surface area contributed by atoms with Crippen molar-refractivity contribution in [1.29, 1.82) is 0 Å². The van der Waals surface area contributed by atoms with Gasteiger partial charge in [0.25, 0.3) is 0 Å². The second-order valence-corrected chi connectivity index (χ2v) is 5.00. The van der Waals surface area contributed by atoms with Crippen molar-refractivity contribution in [3.8, 4) is 0 Å². The topological polar surface area (TPSA) is 30.2 Å². The van der Waals surface area contributed by atoms with Gasteiger partial charge in [0.2, 0.25) is 0 Å². The zero-order valence-corrected chi connectivity index (χ0v) is 12.3. The van der Waals surface area contributed by atoms with Crippen LogP contribution >= 0.6 is 0 Å². The highest BCUT2D eigenvalue weighted by Crippen LogP contribution is 2.26. The molecule has 2 aromatic rings. The zero-order chi connectivity index (χ0) is 14.0. The molecule has 0 unspecified atom stereocenters. The number of aliphatic imine (C=N–C) groups is 1. The lowest BCUT2D eigenvalue weighted by Gasteiger charge is -2.07. The molecule has 0 aliphatic rings. The number of allylic oxidation sites excluding steroid dienone is 2. The minimum absolute atomic E-state index is 0.453. The number of benzene rings is 1. The average Bonchev–Trinajstić information content (AvgIpc) is 2.70. The molecule has 0 atom stereocenters. The summed E-state index contributed by atoms with van der Waals surface area (Å²) in [6.07, 6.45) is 4.05. The van der Waals surface area contributed by atoms with Crippen molar-refractivity contribution in [2.45, 2.75) is 26.7 Å². The van der Waals surface area contributed by atoms with E-state index in [-0.39, 0.29) is 0 Å². The third kappa shape index (κ3) is 2.46. The number of nitrogens with zero attached hydrogens (tertiary/aromatic N) is 3. The van der Waals surface area contributed by atoms with E-state index in [0.29, 0.717) is 5.92 Å². The molecule has 0 fully saturated rings. The van der Waals surface area contributed by atoms with E-state index in [1.807, 2.05) is 37.9 Å². The van der Waals surface area contributed by atoms with Crippen molar-refractivity contribution in [2.75, 3.05) is 7.05 Å². The summed E-state index contributed by atoms with van der Waals surface area (Å²) in [5.41, 5.74) is 4.46. The van der Waals surface area contributed by atoms with Crippen molar-refractivity contribution < 1.29 is 0 Å². The summed E-state index contributed by atoms with van der Waals surface area (Å²) >= 11 is 0. The minimum Gasteiger partial charge on any atom is -0.288 e. The Kier molecular flexibility index (Phi) is 3.84. The van der Waals surface area contributed by atoms with Gasteiger partial charge in [-0.3, -0.25) is 9.67 Å². The van der Waals surface area contributed by atoms with Crippen LogP contribution in [0.4, 0.5) is 0 Å². The standard InChI is InChI=1S/C16H21N3/c1-6-7-14(17-4)12-8-9-15-13(10-12)16(11(2)3)19(5)18-15/h6-11H,1-5H3/b7-6-,17-14?. The smallest absolute Gasteiger partial charge is 0.0926 e. The van der Waals surface area contributed by atoms with Gasteiger partial charge in [-0.2, -0.15) is 5.10 Å². The first-order chi connectivity index (χ1) is 9.08. The number of hydrogen-bond donors (Lipinski definition) is 0. The van der Waals surface area contributed by atoms with Gasteiger partial charge >= 0.3 is 0 Å². The summed E-state index contributed by atoms with van der Waals surface area (Å²) in [5.74, 6) is 0.453. The van der Waals surface area contributed by atoms with Gasteiger partial charge in [0.1, 0.15) is 0 Å². The van der Waals surface area contributed by atoms with Crippen LogP contribution in [0.15, 0.2) is 35.3 Å². The molecule has 0 aliphatic carbocycles. The van der Waals surface area contributed by atoms with E-state index in [1.54, 1.807) is 0 Å². The maximum atomic E-state index is 4.57. The Bertz CT molecular complexity index is 645. The molecule has 0 amide bonds. The van der Waals surface area contributed by atoms with Gasteiger partial charge in [0.05, 0.1) is 11.2 Å². The molecule has 1 aromatic heterocycles. The largest absolute Gasteiger partial charge is 0.288 e. The molecule has 19 heavy (non-hydrogen) atoms. The summed E-state index contributed by atoms with van der Waals surface area (Å²) in [6.45, 7) is 6.40. The predicted octanol–water partition coefficient (Wildman–Crippen LogP) is 3.69. The predicted molar refractivity (Wildman–Crippen MR) is 82.1 cm³/mol. The van der Waals surface area contributed by atoms with Crippen LogP contribution in [0.5, 0.6) is 0 Å². The van der Waals surface area contributed by atoms with Gasteiger partial charge in [0, 0.05) is 30.7 Å². The fourth-order valence-corrected chi connectivity index (χ4v) is 2.52. The summed E-state index contributed by atoms with van der Waals surface area (Å²) in [7, 11) is 3.84. The average molecular weight is 255 g/mol. The van der Waals surface area contributed by atoms with Crippen LogP contribution < -0.4 is 0 Å². The third-order valence-electron chi connectivity index (χ3n) is 3.29. The Labute approximate surface area is 114 Å². The van der Waals surface area contributed by atoms with E-state index in [0.717, 1.165) is 16.8 Å². The maximum Gasteiger partial charge on any atom is 0.0926 e. The van der Waals surface area contributed by atoms with Crippen molar-refractivity contribution in [2.24, 2.45) is 12.0 Å². The lowest BCUT2D eigenvalue weighted by Crippen LogP contribution is -2.00. The Balaban J connectivity index is 2.65. The number of rotatable bonds is 3. The van der Waals surface area contributed by atoms with Gasteiger partial charge in [-0.25, -0.2) is 0 Å². The number of hydrogen-bond acceptors (Lipinski definition) is 2. The van der Waals surface area contributed by atoms with Crippen molar-refractivity contribution >= 4 is 16.6 Å². The molecule has 0 aliphatic heterocycles. The summed E-state index contributed by atoms with van der Waals surface area (Å²) < 4.78 is 1.98. The van der Waals surface area contributed by atoms with Crippen LogP contribution in [0.3, 0.4) is 0 Å². The Hall–Kier alpha value is -1.90. The van der Waals surface area contributed by atoms with E-state index in [4.69, 9.17) is 0 Å². The molecule has 0 saturated carbocycles. The summed E-state index contributed by atoms with van der Waals surface area (Å²) in [4.78, 5) is 4.34. The van der Waals surface area contributed by atoms with Crippen molar-refractivity contribution in [1.82, 2.24) is 9.78 Å². The molecule has 1 aromatic carbocycles. The highest BCUT2D eigenvalue weighted by Gasteiger charge is 2.13. The van der Waals surface area contributed by atoms with E-state index in [1.165, 1.54) is 11.1 Å². The Morgan fingerprint density at radius 3 is 2.68 bits per heavy atom. The molecule has 0 saturated heterocycles. The van der Waals surface area contributed by atoms with Gasteiger partial charge in [-0.05, 0) is 31.1 Å². The Morgan fingerprint density at radius 2 is 2.11 bits per heavy atom. The normalized spacial score (nSPS) is 13.1. The molecular weight excluding hydrogens is 234 g/mol. The van der Waals surface area contributed by atoms with E-state index in [2.05, 4.69) is 42.1 Å². The van der Waals surface area contributed by atoms with Crippen LogP contribution in [0.2, 0.25) is 0 Å². The summed E-state index contributed by atoms with van der Waals surface area (Å²) in [5, 5.41) is 5.79. The molecule has 3 heteroatoms. The van der Waals surface area contributed by atoms with Crippen molar-refractivity contribution in [3.63, 3.8) is 0 Å². The van der Waals surface area contributed by atoms with E-state index >= 15 is 0 Å². The fraction of sp³-hybridized carbons (Fsp3) is 0.375. The molecule has 0 bridgehead atoms. The molecule has 3 nitrogen and oxygen atoms in total. The second-order valence-electron chi connectivity index (χ2n) is 5.00. The van der Waals surface area contributed by atoms with Crippen LogP contribution in [0.1, 0.15) is 37.9 Å². The van der Waals surface area contributed by atoms with Gasteiger partial charge < -0.3 is 0 Å². The maximum absolute atomic E-state index is 4.57. The highest BCUT2D eigenvalue weighted by atomic mass is 15.3. The van der Waals surface area contributed by atoms with Gasteiger partial charge in [-0.1, -0.05) is 26.0 Å². The molecule has 1 heterocycles. The quantitative estimate of drug-likeness (QED) is 0.769. The molecule has 0 radical (unpaired) electrons. The first kappa shape index (κ1) is 13.5. The minimum atomic E-state index is 0.453. The number of fused-ring (bicyclic) bond motifs is 1. The molecule has 100 valence electrons. The Morgan fingerprint density at radius 1 is 1.37 bits per heavy atom. The molecule has 0 spiro atoms. The van der Waals surface area contributed by atoms with Gasteiger partial charge in [0.15, 0.2) is 0 Å². The molecule has 0 N–H and O–H groups in total. The van der Waals surface area contributed by atoms with Gasteiger partial charge in [-0.15, -0.1) is 0 Å². The fourth-order valence-electron chi connectivity index (χ4n) is 2.52. The third-order valence-corrected chi connectivity index (χ3v) is 3.29. The molecular formula is C16H21N3. The lowest BCUT2D eigenvalue weighted by atomic mass is 10.0. The number of aryl methyl sites for hydroxylation is 1. The highest BCUT2D eigenvalue weighted by molar-refractivity contribution is 6.10. The van der Waals surface area contributed by atoms with Crippen molar-refractivity contribution in [3.05, 3.63) is 41.6 Å². The van der Waals surface area contributed by atoms with E-state index in [9.17, 15) is 0 Å². The zero-order valence-electron chi connectivity index (χ0n) is 12.3. The number of aromatic nitrogens is 2. The molecule has 2 rings (SSSR count). The van der Waals surface area contributed by atoms with Crippen LogP contribution in [-0.2, 0) is 7.05 Å². The first-order valence-electron chi connectivity index (χ1n) is 6.65. The summed E-state index contributed by atoms with van der Waals surface area (Å²) in [6, 6.07) is 6.35. The van der Waals surface area contributed by atoms with Crippen LogP contribution in [0.25, 0.3) is 10.9 Å². The monoisotopic (exact) mass is 255 g/mol. The van der Waals surface area contributed by atoms with E-state index < -0.39 is 0 Å². The van der Waals surface area contributed by atoms with Crippen LogP contribution in [-0.4, -0.2) is 22.5 Å². The SMILES string of the molecule is C/C=C\C(=NC)c1ccc2nn(C)c(C(C)C)c2c1. The lowest BCUT2D eigenvalue weighted by molar-refractivity contribution is 0.677. The second kappa shape index (κ2) is 5.39. The van der Waals surface area contributed by atoms with Crippen LogP contribution in [0, 0.1) is 0 Å². The first-order valence-corrected chi connectivity index (χ1v) is 6.65.